The van der Waals surface area contributed by atoms with Gasteiger partial charge in [0.25, 0.3) is 5.69 Å². The third-order valence-corrected chi connectivity index (χ3v) is 5.67. The van der Waals surface area contributed by atoms with E-state index in [0.29, 0.717) is 24.1 Å². The number of hydrogen-bond donors (Lipinski definition) is 1. The minimum absolute atomic E-state index is 0.0231. The molecular weight excluding hydrogens is 404 g/mol. The minimum Gasteiger partial charge on any atom is -0.449 e. The van der Waals surface area contributed by atoms with Crippen LogP contribution in [-0.2, 0) is 4.74 Å². The molecule has 0 aromatic heterocycles. The van der Waals surface area contributed by atoms with E-state index in [1.54, 1.807) is 31.2 Å². The molecule has 0 unspecified atom stereocenters. The number of carbonyl (C=O) groups excluding carboxylic acids is 1. The molecule has 3 aromatic carbocycles. The van der Waals surface area contributed by atoms with Crippen LogP contribution in [0.5, 0.6) is 0 Å². The summed E-state index contributed by atoms with van der Waals surface area (Å²) in [5.74, 6) is 0.0231. The van der Waals surface area contributed by atoms with Crippen LogP contribution < -0.4 is 5.32 Å². The molecule has 162 valence electrons. The highest BCUT2D eigenvalue weighted by atomic mass is 16.6. The van der Waals surface area contributed by atoms with Gasteiger partial charge in [0.05, 0.1) is 10.5 Å². The summed E-state index contributed by atoms with van der Waals surface area (Å²) in [5.41, 5.74) is 5.99. The molecule has 4 rings (SSSR count). The molecule has 3 aromatic rings. The molecule has 0 atom stereocenters. The fraction of sp³-hybridized carbons (Fsp3) is 0.192. The van der Waals surface area contributed by atoms with Crippen LogP contribution in [-0.4, -0.2) is 24.2 Å². The molecule has 0 saturated carbocycles. The normalized spacial score (nSPS) is 12.4. The van der Waals surface area contributed by atoms with Gasteiger partial charge in [-0.05, 0) is 41.7 Å². The number of benzene rings is 3. The first-order valence-corrected chi connectivity index (χ1v) is 10.6. The van der Waals surface area contributed by atoms with E-state index >= 15 is 0 Å². The lowest BCUT2D eigenvalue weighted by atomic mass is 9.98. The molecule has 1 amide bonds. The van der Waals surface area contributed by atoms with Crippen molar-refractivity contribution in [2.24, 2.45) is 0 Å². The summed E-state index contributed by atoms with van der Waals surface area (Å²) < 4.78 is 5.51. The highest BCUT2D eigenvalue weighted by Crippen LogP contribution is 2.44. The van der Waals surface area contributed by atoms with Crippen molar-refractivity contribution in [2.45, 2.75) is 19.3 Å². The zero-order valence-corrected chi connectivity index (χ0v) is 17.8. The van der Waals surface area contributed by atoms with Gasteiger partial charge in [-0.15, -0.1) is 0 Å². The number of nitrogens with one attached hydrogen (secondary N) is 1. The van der Waals surface area contributed by atoms with Crippen LogP contribution in [0, 0.1) is 17.0 Å². The van der Waals surface area contributed by atoms with Gasteiger partial charge in [0.2, 0.25) is 0 Å². The smallest absolute Gasteiger partial charge is 0.407 e. The Morgan fingerprint density at radius 1 is 1.03 bits per heavy atom. The topological polar surface area (TPSA) is 81.5 Å². The average Bonchev–Trinajstić information content (AvgIpc) is 3.11. The van der Waals surface area contributed by atoms with Crippen molar-refractivity contribution in [3.05, 3.63) is 105 Å². The number of amides is 1. The van der Waals surface area contributed by atoms with Gasteiger partial charge in [0.1, 0.15) is 6.61 Å². The monoisotopic (exact) mass is 428 g/mol. The molecule has 0 fully saturated rings. The molecule has 1 N–H and O–H groups in total. The van der Waals surface area contributed by atoms with Crippen molar-refractivity contribution >= 4 is 17.9 Å². The number of para-hydroxylation sites is 1. The van der Waals surface area contributed by atoms with E-state index in [1.807, 2.05) is 30.3 Å². The lowest BCUT2D eigenvalue weighted by Crippen LogP contribution is -2.26. The Morgan fingerprint density at radius 2 is 1.69 bits per heavy atom. The Hall–Kier alpha value is -3.93. The third-order valence-electron chi connectivity index (χ3n) is 5.67. The summed E-state index contributed by atoms with van der Waals surface area (Å²) in [6, 6.07) is 21.6. The van der Waals surface area contributed by atoms with E-state index in [4.69, 9.17) is 4.74 Å². The number of aryl methyl sites for hydroxylation is 1. The quantitative estimate of drug-likeness (QED) is 0.291. The summed E-state index contributed by atoms with van der Waals surface area (Å²) in [4.78, 5) is 23.1. The molecule has 0 aliphatic heterocycles. The van der Waals surface area contributed by atoms with Crippen LogP contribution in [0.4, 0.5) is 10.5 Å². The molecule has 0 saturated heterocycles. The van der Waals surface area contributed by atoms with Crippen molar-refractivity contribution in [3.63, 3.8) is 0 Å². The molecule has 0 radical (unpaired) electrons. The van der Waals surface area contributed by atoms with E-state index in [-0.39, 0.29) is 23.1 Å². The lowest BCUT2D eigenvalue weighted by Gasteiger charge is -2.14. The molecule has 0 heterocycles. The summed E-state index contributed by atoms with van der Waals surface area (Å²) in [6.45, 7) is 2.37. The second-order valence-electron chi connectivity index (χ2n) is 7.71. The summed E-state index contributed by atoms with van der Waals surface area (Å²) in [5, 5.41) is 14.0. The van der Waals surface area contributed by atoms with Crippen LogP contribution in [0.25, 0.3) is 17.2 Å². The molecule has 32 heavy (non-hydrogen) atoms. The number of rotatable bonds is 7. The van der Waals surface area contributed by atoms with Gasteiger partial charge in [-0.1, -0.05) is 72.8 Å². The van der Waals surface area contributed by atoms with Gasteiger partial charge in [-0.25, -0.2) is 4.79 Å². The van der Waals surface area contributed by atoms with E-state index in [2.05, 4.69) is 29.6 Å². The Balaban J connectivity index is 1.29. The molecule has 6 nitrogen and oxygen atoms in total. The Morgan fingerprint density at radius 3 is 2.34 bits per heavy atom. The van der Waals surface area contributed by atoms with Gasteiger partial charge >= 0.3 is 6.09 Å². The van der Waals surface area contributed by atoms with Crippen LogP contribution in [0.2, 0.25) is 0 Å². The lowest BCUT2D eigenvalue weighted by molar-refractivity contribution is -0.385. The number of hydrogen-bond acceptors (Lipinski definition) is 4. The van der Waals surface area contributed by atoms with E-state index in [1.165, 1.54) is 22.3 Å². The molecule has 0 bridgehead atoms. The second-order valence-corrected chi connectivity index (χ2v) is 7.71. The number of nitro benzene ring substituents is 1. The predicted molar refractivity (Wildman–Crippen MR) is 125 cm³/mol. The SMILES string of the molecule is Cc1cccc(C=CCCNC(=O)OCC2c3ccccc3-c3ccccc32)c1[N+](=O)[O-]. The molecule has 6 heteroatoms. The first-order chi connectivity index (χ1) is 15.6. The fourth-order valence-electron chi connectivity index (χ4n) is 4.18. The number of nitro groups is 1. The molecular formula is C26H24N2O4. The first kappa shape index (κ1) is 21.3. The van der Waals surface area contributed by atoms with Gasteiger partial charge in [0, 0.05) is 18.0 Å². The Bertz CT molecular complexity index is 1140. The zero-order chi connectivity index (χ0) is 22.5. The number of nitrogens with zero attached hydrogens (tertiary/aromatic N) is 1. The molecule has 1 aliphatic rings. The second kappa shape index (κ2) is 9.47. The highest BCUT2D eigenvalue weighted by molar-refractivity contribution is 5.79. The Kier molecular flexibility index (Phi) is 6.31. The minimum atomic E-state index is -0.471. The molecule has 1 aliphatic carbocycles. The maximum atomic E-state index is 12.2. The van der Waals surface area contributed by atoms with Gasteiger partial charge in [0.15, 0.2) is 0 Å². The van der Waals surface area contributed by atoms with Crippen molar-refractivity contribution in [1.29, 1.82) is 0 Å². The maximum Gasteiger partial charge on any atom is 0.407 e. The number of fused-ring (bicyclic) bond motifs is 3. The van der Waals surface area contributed by atoms with E-state index in [0.717, 1.165) is 0 Å². The molecule has 0 spiro atoms. The van der Waals surface area contributed by atoms with Crippen molar-refractivity contribution in [2.75, 3.05) is 13.2 Å². The number of alkyl carbamates (subject to hydrolysis) is 1. The van der Waals surface area contributed by atoms with E-state index < -0.39 is 6.09 Å². The zero-order valence-electron chi connectivity index (χ0n) is 17.8. The van der Waals surface area contributed by atoms with Gasteiger partial charge in [-0.2, -0.15) is 0 Å². The van der Waals surface area contributed by atoms with Crippen LogP contribution >= 0.6 is 0 Å². The highest BCUT2D eigenvalue weighted by Gasteiger charge is 2.28. The fourth-order valence-corrected chi connectivity index (χ4v) is 4.18. The van der Waals surface area contributed by atoms with Crippen molar-refractivity contribution in [1.82, 2.24) is 5.32 Å². The van der Waals surface area contributed by atoms with E-state index in [9.17, 15) is 14.9 Å². The van der Waals surface area contributed by atoms with Crippen LogP contribution in [0.1, 0.15) is 34.6 Å². The number of ether oxygens (including phenoxy) is 1. The third kappa shape index (κ3) is 4.39. The predicted octanol–water partition coefficient (Wildman–Crippen LogP) is 5.85. The number of carbonyl (C=O) groups is 1. The van der Waals surface area contributed by atoms with Crippen molar-refractivity contribution in [3.8, 4) is 11.1 Å². The van der Waals surface area contributed by atoms with Gasteiger partial charge in [-0.3, -0.25) is 10.1 Å². The average molecular weight is 428 g/mol. The Labute approximate surface area is 186 Å². The van der Waals surface area contributed by atoms with Crippen LogP contribution in [0.15, 0.2) is 72.8 Å². The standard InChI is InChI=1S/C26H24N2O4/c1-18-9-8-11-19(25(18)28(30)31)10-6-7-16-27-26(29)32-17-24-22-14-4-2-12-20(22)21-13-3-5-15-23(21)24/h2-6,8-15,24H,7,16-17H2,1H3,(H,27,29). The summed E-state index contributed by atoms with van der Waals surface area (Å²) in [7, 11) is 0. The van der Waals surface area contributed by atoms with Crippen molar-refractivity contribution < 1.29 is 14.5 Å². The summed E-state index contributed by atoms with van der Waals surface area (Å²) >= 11 is 0. The summed E-state index contributed by atoms with van der Waals surface area (Å²) in [6.07, 6.45) is 3.59. The first-order valence-electron chi connectivity index (χ1n) is 10.6. The largest absolute Gasteiger partial charge is 0.449 e. The van der Waals surface area contributed by atoms with Gasteiger partial charge < -0.3 is 10.1 Å². The van der Waals surface area contributed by atoms with Crippen LogP contribution in [0.3, 0.4) is 0 Å². The maximum absolute atomic E-state index is 12.2.